The quantitative estimate of drug-likeness (QED) is 0.800. The molecular weight excluding hydrogens is 356 g/mol. The highest BCUT2D eigenvalue weighted by atomic mass is 32.1. The first-order valence-electron chi connectivity index (χ1n) is 10.2. The third kappa shape index (κ3) is 3.24. The Morgan fingerprint density at radius 2 is 1.93 bits per heavy atom. The van der Waals surface area contributed by atoms with Gasteiger partial charge in [-0.15, -0.1) is 11.3 Å². The van der Waals surface area contributed by atoms with Crippen molar-refractivity contribution in [3.05, 3.63) is 39.5 Å². The lowest BCUT2D eigenvalue weighted by Gasteiger charge is -2.37. The van der Waals surface area contributed by atoms with E-state index in [4.69, 9.17) is 0 Å². The number of fused-ring (bicyclic) bond motifs is 2. The maximum atomic E-state index is 13.0. The molecule has 1 fully saturated rings. The number of hydrogen-bond acceptors (Lipinski definition) is 5. The lowest BCUT2D eigenvalue weighted by molar-refractivity contribution is -0.137. The second kappa shape index (κ2) is 7.23. The number of aromatic nitrogens is 2. The highest BCUT2D eigenvalue weighted by Gasteiger charge is 2.32. The number of aryl methyl sites for hydroxylation is 1. The van der Waals surface area contributed by atoms with Gasteiger partial charge in [0.25, 0.3) is 0 Å². The Labute approximate surface area is 164 Å². The van der Waals surface area contributed by atoms with Crippen LogP contribution in [0.5, 0.6) is 0 Å². The van der Waals surface area contributed by atoms with Crippen molar-refractivity contribution in [2.75, 3.05) is 24.5 Å². The second-order valence-electron chi connectivity index (χ2n) is 7.97. The van der Waals surface area contributed by atoms with Crippen LogP contribution in [0.3, 0.4) is 0 Å². The molecular formula is C21H26N4OS. The predicted octanol–water partition coefficient (Wildman–Crippen LogP) is 3.22. The number of carbonyl (C=O) groups excluding carboxylic acids is 1. The molecule has 0 bridgehead atoms. The van der Waals surface area contributed by atoms with Gasteiger partial charge < -0.3 is 9.80 Å². The van der Waals surface area contributed by atoms with Crippen LogP contribution >= 0.6 is 11.3 Å². The van der Waals surface area contributed by atoms with E-state index < -0.39 is 0 Å². The minimum atomic E-state index is 0.166. The average molecular weight is 383 g/mol. The molecule has 2 aromatic heterocycles. The minimum absolute atomic E-state index is 0.166. The number of nitrogens with zero attached hydrogens (tertiary/aromatic N) is 4. The normalized spacial score (nSPS) is 20.3. The largest absolute Gasteiger partial charge is 0.356 e. The lowest BCUT2D eigenvalue weighted by Crippen LogP contribution is -2.44. The molecule has 0 unspecified atom stereocenters. The zero-order valence-corrected chi connectivity index (χ0v) is 16.5. The molecule has 3 aliphatic rings. The van der Waals surface area contributed by atoms with Crippen LogP contribution in [-0.2, 0) is 30.6 Å². The Morgan fingerprint density at radius 1 is 1.07 bits per heavy atom. The molecule has 2 aliphatic heterocycles. The van der Waals surface area contributed by atoms with Crippen LogP contribution in [-0.4, -0.2) is 40.4 Å². The molecule has 5 nitrogen and oxygen atoms in total. The van der Waals surface area contributed by atoms with Crippen molar-refractivity contribution in [1.82, 2.24) is 14.9 Å². The smallest absolute Gasteiger partial charge is 0.226 e. The van der Waals surface area contributed by atoms with Crippen LogP contribution in [0.15, 0.2) is 17.8 Å². The molecule has 0 N–H and O–H groups in total. The first-order valence-corrected chi connectivity index (χ1v) is 11.1. The maximum Gasteiger partial charge on any atom is 0.226 e. The molecule has 6 heteroatoms. The molecule has 1 aliphatic carbocycles. The Kier molecular flexibility index (Phi) is 4.60. The summed E-state index contributed by atoms with van der Waals surface area (Å²) in [7, 11) is 0. The zero-order chi connectivity index (χ0) is 18.2. The van der Waals surface area contributed by atoms with Gasteiger partial charge in [-0.25, -0.2) is 9.97 Å². The third-order valence-corrected chi connectivity index (χ3v) is 7.39. The molecule has 1 saturated heterocycles. The van der Waals surface area contributed by atoms with Crippen LogP contribution in [0.25, 0.3) is 0 Å². The summed E-state index contributed by atoms with van der Waals surface area (Å²) in [5, 5.41) is 2.15. The number of thiophene rings is 1. The van der Waals surface area contributed by atoms with Crippen LogP contribution in [0.1, 0.15) is 47.4 Å². The van der Waals surface area contributed by atoms with Gasteiger partial charge in [-0.05, 0) is 62.0 Å². The standard InChI is InChI=1S/C21H26N4OS/c26-21(25-11-7-19-16(13-25)8-12-27-19)15-5-9-24(10-6-15)20-17-3-1-2-4-18(17)22-14-23-20/h8,12,14-15H,1-7,9-11,13H2. The molecule has 2 aromatic rings. The van der Waals surface area contributed by atoms with Crippen LogP contribution in [0.2, 0.25) is 0 Å². The number of rotatable bonds is 2. The number of hydrogen-bond donors (Lipinski definition) is 0. The van der Waals surface area contributed by atoms with E-state index in [0.717, 1.165) is 64.1 Å². The molecule has 0 spiro atoms. The molecule has 5 rings (SSSR count). The molecule has 0 saturated carbocycles. The summed E-state index contributed by atoms with van der Waals surface area (Å²) in [4.78, 5) is 28.1. The van der Waals surface area contributed by atoms with Crippen LogP contribution < -0.4 is 4.90 Å². The van der Waals surface area contributed by atoms with Gasteiger partial charge in [0, 0.05) is 48.2 Å². The average Bonchev–Trinajstić information content (AvgIpc) is 3.21. The van der Waals surface area contributed by atoms with Crippen LogP contribution in [0, 0.1) is 5.92 Å². The zero-order valence-electron chi connectivity index (χ0n) is 15.7. The fourth-order valence-electron chi connectivity index (χ4n) is 4.81. The summed E-state index contributed by atoms with van der Waals surface area (Å²) in [5.41, 5.74) is 3.95. The van der Waals surface area contributed by atoms with E-state index >= 15 is 0 Å². The van der Waals surface area contributed by atoms with Crippen molar-refractivity contribution in [2.24, 2.45) is 5.92 Å². The first kappa shape index (κ1) is 17.2. The predicted molar refractivity (Wildman–Crippen MR) is 107 cm³/mol. The summed E-state index contributed by atoms with van der Waals surface area (Å²) < 4.78 is 0. The van der Waals surface area contributed by atoms with Gasteiger partial charge in [0.1, 0.15) is 12.1 Å². The Morgan fingerprint density at radius 3 is 2.81 bits per heavy atom. The van der Waals surface area contributed by atoms with Crippen molar-refractivity contribution in [2.45, 2.75) is 51.5 Å². The summed E-state index contributed by atoms with van der Waals surface area (Å²) in [5.74, 6) is 1.65. The molecule has 0 aromatic carbocycles. The Bertz CT molecular complexity index is 840. The molecule has 0 atom stereocenters. The number of piperidine rings is 1. The fraction of sp³-hybridized carbons (Fsp3) is 0.571. The highest BCUT2D eigenvalue weighted by molar-refractivity contribution is 7.10. The van der Waals surface area contributed by atoms with E-state index in [1.807, 2.05) is 11.3 Å². The summed E-state index contributed by atoms with van der Waals surface area (Å²) in [6.07, 6.45) is 9.27. The maximum absolute atomic E-state index is 13.0. The van der Waals surface area contributed by atoms with Gasteiger partial charge in [0.05, 0.1) is 0 Å². The summed E-state index contributed by atoms with van der Waals surface area (Å²) in [6.45, 7) is 3.54. The number of carbonyl (C=O) groups is 1. The Hall–Kier alpha value is -1.95. The summed E-state index contributed by atoms with van der Waals surface area (Å²) in [6, 6.07) is 2.18. The molecule has 142 valence electrons. The van der Waals surface area contributed by atoms with E-state index in [0.29, 0.717) is 5.91 Å². The highest BCUT2D eigenvalue weighted by Crippen LogP contribution is 2.31. The fourth-order valence-corrected chi connectivity index (χ4v) is 5.70. The van der Waals surface area contributed by atoms with Gasteiger partial charge in [-0.3, -0.25) is 4.79 Å². The SMILES string of the molecule is O=C(C1CCN(c2ncnc3c2CCCC3)CC1)N1CCc2sccc2C1. The van der Waals surface area contributed by atoms with Crippen molar-refractivity contribution in [3.8, 4) is 0 Å². The van der Waals surface area contributed by atoms with Crippen molar-refractivity contribution in [1.29, 1.82) is 0 Å². The van der Waals surface area contributed by atoms with E-state index in [-0.39, 0.29) is 5.92 Å². The monoisotopic (exact) mass is 382 g/mol. The third-order valence-electron chi connectivity index (χ3n) is 6.37. The van der Waals surface area contributed by atoms with Crippen molar-refractivity contribution >= 4 is 23.1 Å². The van der Waals surface area contributed by atoms with Gasteiger partial charge in [-0.2, -0.15) is 0 Å². The van der Waals surface area contributed by atoms with Gasteiger partial charge >= 0.3 is 0 Å². The minimum Gasteiger partial charge on any atom is -0.356 e. The van der Waals surface area contributed by atoms with Crippen LogP contribution in [0.4, 0.5) is 5.82 Å². The van der Waals surface area contributed by atoms with E-state index in [1.165, 1.54) is 34.5 Å². The van der Waals surface area contributed by atoms with E-state index in [1.54, 1.807) is 6.33 Å². The first-order chi connectivity index (χ1) is 13.3. The van der Waals surface area contributed by atoms with E-state index in [9.17, 15) is 4.79 Å². The van der Waals surface area contributed by atoms with Gasteiger partial charge in [0.15, 0.2) is 0 Å². The number of anilines is 1. The molecule has 27 heavy (non-hydrogen) atoms. The lowest BCUT2D eigenvalue weighted by atomic mass is 9.92. The van der Waals surface area contributed by atoms with Gasteiger partial charge in [-0.1, -0.05) is 0 Å². The van der Waals surface area contributed by atoms with Crippen molar-refractivity contribution in [3.63, 3.8) is 0 Å². The molecule has 4 heterocycles. The van der Waals surface area contributed by atoms with Gasteiger partial charge in [0.2, 0.25) is 5.91 Å². The molecule has 1 amide bonds. The second-order valence-corrected chi connectivity index (χ2v) is 8.97. The van der Waals surface area contributed by atoms with Crippen molar-refractivity contribution < 1.29 is 4.79 Å². The summed E-state index contributed by atoms with van der Waals surface area (Å²) >= 11 is 1.83. The van der Waals surface area contributed by atoms with E-state index in [2.05, 4.69) is 31.2 Å². The molecule has 0 radical (unpaired) electrons. The number of amides is 1. The topological polar surface area (TPSA) is 49.3 Å². The Balaban J connectivity index is 1.24.